The van der Waals surface area contributed by atoms with Gasteiger partial charge in [0, 0.05) is 12.6 Å². The zero-order valence-electron chi connectivity index (χ0n) is 11.5. The highest BCUT2D eigenvalue weighted by molar-refractivity contribution is 5.93. The summed E-state index contributed by atoms with van der Waals surface area (Å²) in [5.74, 6) is 5.60. The van der Waals surface area contributed by atoms with Crippen LogP contribution in [0.2, 0.25) is 0 Å². The van der Waals surface area contributed by atoms with Crippen molar-refractivity contribution in [3.63, 3.8) is 0 Å². The van der Waals surface area contributed by atoms with Gasteiger partial charge in [-0.15, -0.1) is 0 Å². The van der Waals surface area contributed by atoms with Gasteiger partial charge in [0.15, 0.2) is 0 Å². The number of amides is 1. The van der Waals surface area contributed by atoms with Crippen molar-refractivity contribution in [1.29, 1.82) is 0 Å². The maximum atomic E-state index is 11.4. The molecule has 3 N–H and O–H groups in total. The third kappa shape index (κ3) is 2.72. The van der Waals surface area contributed by atoms with E-state index < -0.39 is 0 Å². The summed E-state index contributed by atoms with van der Waals surface area (Å²) in [6.45, 7) is 2.42. The molecular formula is C14H21N3O3. The van der Waals surface area contributed by atoms with Gasteiger partial charge in [0.2, 0.25) is 0 Å². The molecule has 2 atom stereocenters. The standard InChI is InChI=1S/C14H21N3O3/c15-16-14(18)10-7-11(20-9-10)8-17-5-6-19-13-4-2-1-3-12(13)17/h7,9,12-13H,1-6,8,15H2,(H,16,18). The summed E-state index contributed by atoms with van der Waals surface area (Å²) >= 11 is 0. The van der Waals surface area contributed by atoms with Gasteiger partial charge in [-0.3, -0.25) is 15.1 Å². The Hall–Kier alpha value is -1.37. The lowest BCUT2D eigenvalue weighted by molar-refractivity contribution is -0.0926. The largest absolute Gasteiger partial charge is 0.467 e. The van der Waals surface area contributed by atoms with Crippen LogP contribution in [0.5, 0.6) is 0 Å². The second kappa shape index (κ2) is 5.95. The van der Waals surface area contributed by atoms with Gasteiger partial charge < -0.3 is 9.15 Å². The lowest BCUT2D eigenvalue weighted by atomic mass is 9.90. The quantitative estimate of drug-likeness (QED) is 0.490. The molecule has 2 fully saturated rings. The molecule has 6 heteroatoms. The number of morpholine rings is 1. The number of ether oxygens (including phenoxy) is 1. The zero-order chi connectivity index (χ0) is 13.9. The average molecular weight is 279 g/mol. The maximum Gasteiger partial charge on any atom is 0.268 e. The first kappa shape index (κ1) is 13.6. The Kier molecular flexibility index (Phi) is 4.05. The minimum atomic E-state index is -0.322. The number of carbonyl (C=O) groups excluding carboxylic acids is 1. The predicted molar refractivity (Wildman–Crippen MR) is 72.8 cm³/mol. The number of hydrogen-bond donors (Lipinski definition) is 2. The summed E-state index contributed by atoms with van der Waals surface area (Å²) in [7, 11) is 0. The predicted octanol–water partition coefficient (Wildman–Crippen LogP) is 1.03. The molecule has 1 aliphatic heterocycles. The summed E-state index contributed by atoms with van der Waals surface area (Å²) in [5, 5.41) is 0. The molecule has 20 heavy (non-hydrogen) atoms. The molecule has 1 aliphatic carbocycles. The number of hydrazine groups is 1. The van der Waals surface area contributed by atoms with Crippen LogP contribution >= 0.6 is 0 Å². The number of carbonyl (C=O) groups is 1. The molecule has 0 aromatic carbocycles. The molecule has 2 unspecified atom stereocenters. The highest BCUT2D eigenvalue weighted by Crippen LogP contribution is 2.29. The first-order valence-electron chi connectivity index (χ1n) is 7.22. The molecule has 110 valence electrons. The van der Waals surface area contributed by atoms with Crippen molar-refractivity contribution < 1.29 is 13.9 Å². The lowest BCUT2D eigenvalue weighted by Gasteiger charge is -2.43. The average Bonchev–Trinajstić information content (AvgIpc) is 2.95. The van der Waals surface area contributed by atoms with Gasteiger partial charge in [-0.25, -0.2) is 5.84 Å². The van der Waals surface area contributed by atoms with Crippen molar-refractivity contribution in [3.8, 4) is 0 Å². The van der Waals surface area contributed by atoms with Crippen molar-refractivity contribution in [3.05, 3.63) is 23.7 Å². The molecule has 1 amide bonds. The number of hydrogen-bond acceptors (Lipinski definition) is 5. The van der Waals surface area contributed by atoms with E-state index in [4.69, 9.17) is 15.0 Å². The molecule has 0 radical (unpaired) electrons. The van der Waals surface area contributed by atoms with E-state index in [0.717, 1.165) is 31.9 Å². The van der Waals surface area contributed by atoms with Crippen LogP contribution in [0.25, 0.3) is 0 Å². The molecule has 0 spiro atoms. The van der Waals surface area contributed by atoms with Gasteiger partial charge in [-0.05, 0) is 18.9 Å². The van der Waals surface area contributed by atoms with Crippen molar-refractivity contribution in [2.24, 2.45) is 5.84 Å². The number of rotatable bonds is 3. The smallest absolute Gasteiger partial charge is 0.268 e. The van der Waals surface area contributed by atoms with E-state index in [1.165, 1.54) is 25.5 Å². The first-order valence-corrected chi connectivity index (χ1v) is 7.22. The Morgan fingerprint density at radius 1 is 1.45 bits per heavy atom. The fourth-order valence-electron chi connectivity index (χ4n) is 3.24. The van der Waals surface area contributed by atoms with Crippen LogP contribution in [0.3, 0.4) is 0 Å². The summed E-state index contributed by atoms with van der Waals surface area (Å²) in [6.07, 6.45) is 6.67. The zero-order valence-corrected chi connectivity index (χ0v) is 11.5. The van der Waals surface area contributed by atoms with E-state index in [9.17, 15) is 4.79 Å². The van der Waals surface area contributed by atoms with Crippen LogP contribution < -0.4 is 11.3 Å². The van der Waals surface area contributed by atoms with Crippen molar-refractivity contribution >= 4 is 5.91 Å². The Balaban J connectivity index is 1.67. The van der Waals surface area contributed by atoms with Crippen molar-refractivity contribution in [1.82, 2.24) is 10.3 Å². The molecule has 1 saturated heterocycles. The molecule has 2 heterocycles. The van der Waals surface area contributed by atoms with Crippen LogP contribution in [0.1, 0.15) is 41.8 Å². The van der Waals surface area contributed by atoms with Gasteiger partial charge in [0.05, 0.1) is 24.8 Å². The molecular weight excluding hydrogens is 258 g/mol. The van der Waals surface area contributed by atoms with Crippen LogP contribution in [-0.4, -0.2) is 36.1 Å². The van der Waals surface area contributed by atoms with Crippen LogP contribution in [-0.2, 0) is 11.3 Å². The number of nitrogens with two attached hydrogens (primary N) is 1. The fourth-order valence-corrected chi connectivity index (χ4v) is 3.24. The van der Waals surface area contributed by atoms with Gasteiger partial charge in [0.25, 0.3) is 5.91 Å². The fraction of sp³-hybridized carbons (Fsp3) is 0.643. The molecule has 1 aromatic heterocycles. The molecule has 6 nitrogen and oxygen atoms in total. The second-order valence-electron chi connectivity index (χ2n) is 5.51. The molecule has 3 rings (SSSR count). The van der Waals surface area contributed by atoms with Crippen LogP contribution in [0, 0.1) is 0 Å². The molecule has 1 aromatic rings. The van der Waals surface area contributed by atoms with Crippen LogP contribution in [0.4, 0.5) is 0 Å². The Morgan fingerprint density at radius 2 is 2.30 bits per heavy atom. The SMILES string of the molecule is NNC(=O)c1coc(CN2CCOC3CCCCC32)c1. The van der Waals surface area contributed by atoms with Gasteiger partial charge in [0.1, 0.15) is 12.0 Å². The normalized spacial score (nSPS) is 27.1. The third-order valence-corrected chi connectivity index (χ3v) is 4.25. The third-order valence-electron chi connectivity index (χ3n) is 4.25. The molecule has 2 aliphatic rings. The van der Waals surface area contributed by atoms with Gasteiger partial charge in [-0.2, -0.15) is 0 Å². The van der Waals surface area contributed by atoms with E-state index in [0.29, 0.717) is 17.7 Å². The number of nitrogens with zero attached hydrogens (tertiary/aromatic N) is 1. The van der Waals surface area contributed by atoms with E-state index in [1.807, 2.05) is 0 Å². The monoisotopic (exact) mass is 279 g/mol. The van der Waals surface area contributed by atoms with Crippen molar-refractivity contribution in [2.45, 2.75) is 44.4 Å². The van der Waals surface area contributed by atoms with Crippen LogP contribution in [0.15, 0.2) is 16.7 Å². The summed E-state index contributed by atoms with van der Waals surface area (Å²) in [4.78, 5) is 13.8. The van der Waals surface area contributed by atoms with E-state index in [2.05, 4.69) is 10.3 Å². The summed E-state index contributed by atoms with van der Waals surface area (Å²) in [5.41, 5.74) is 2.58. The van der Waals surface area contributed by atoms with E-state index in [-0.39, 0.29) is 5.91 Å². The number of nitrogen functional groups attached to an aromatic ring is 1. The summed E-state index contributed by atoms with van der Waals surface area (Å²) < 4.78 is 11.3. The molecule has 1 saturated carbocycles. The van der Waals surface area contributed by atoms with Crippen molar-refractivity contribution in [2.75, 3.05) is 13.2 Å². The first-order chi connectivity index (χ1) is 9.78. The highest BCUT2D eigenvalue weighted by atomic mass is 16.5. The maximum absolute atomic E-state index is 11.4. The second-order valence-corrected chi connectivity index (χ2v) is 5.51. The Labute approximate surface area is 118 Å². The summed E-state index contributed by atoms with van der Waals surface area (Å²) in [6, 6.07) is 2.24. The highest BCUT2D eigenvalue weighted by Gasteiger charge is 2.34. The topological polar surface area (TPSA) is 80.7 Å². The lowest BCUT2D eigenvalue weighted by Crippen LogP contribution is -2.52. The Bertz CT molecular complexity index is 472. The van der Waals surface area contributed by atoms with E-state index >= 15 is 0 Å². The van der Waals surface area contributed by atoms with Gasteiger partial charge in [-0.1, -0.05) is 12.8 Å². The van der Waals surface area contributed by atoms with E-state index in [1.54, 1.807) is 6.07 Å². The number of nitrogens with one attached hydrogen (secondary N) is 1. The minimum absolute atomic E-state index is 0.322. The number of fused-ring (bicyclic) bond motifs is 1. The Morgan fingerprint density at radius 3 is 3.15 bits per heavy atom. The molecule has 0 bridgehead atoms. The number of furan rings is 1. The minimum Gasteiger partial charge on any atom is -0.467 e. The van der Waals surface area contributed by atoms with Gasteiger partial charge >= 0.3 is 0 Å².